The van der Waals surface area contributed by atoms with E-state index in [0.717, 1.165) is 17.0 Å². The molecule has 7 nitrogen and oxygen atoms in total. The number of nitrogens with one attached hydrogen (secondary N) is 2. The Morgan fingerprint density at radius 1 is 1.06 bits per heavy atom. The first kappa shape index (κ1) is 22.8. The molecule has 164 valence electrons. The summed E-state index contributed by atoms with van der Waals surface area (Å²) < 4.78 is 1.89. The Balaban J connectivity index is 1.79. The second-order valence-electron chi connectivity index (χ2n) is 7.89. The van der Waals surface area contributed by atoms with E-state index in [0.29, 0.717) is 17.8 Å². The molecule has 0 fully saturated rings. The number of aromatic nitrogens is 3. The predicted molar refractivity (Wildman–Crippen MR) is 124 cm³/mol. The van der Waals surface area contributed by atoms with E-state index in [9.17, 15) is 9.59 Å². The van der Waals surface area contributed by atoms with Gasteiger partial charge in [0.2, 0.25) is 5.91 Å². The molecule has 8 heteroatoms. The monoisotopic (exact) mass is 439 g/mol. The van der Waals surface area contributed by atoms with Crippen molar-refractivity contribution < 1.29 is 9.59 Å². The molecule has 2 amide bonds. The molecule has 0 aliphatic rings. The highest BCUT2D eigenvalue weighted by atomic mass is 32.2. The van der Waals surface area contributed by atoms with Crippen LogP contribution in [0.2, 0.25) is 0 Å². The first-order valence-corrected chi connectivity index (χ1v) is 11.8. The highest BCUT2D eigenvalue weighted by molar-refractivity contribution is 7.98. The van der Waals surface area contributed by atoms with Crippen molar-refractivity contribution >= 4 is 29.2 Å². The fourth-order valence-corrected chi connectivity index (χ4v) is 3.80. The zero-order valence-corrected chi connectivity index (χ0v) is 19.1. The Kier molecular flexibility index (Phi) is 7.68. The number of nitrogens with zero attached hydrogens (tertiary/aromatic N) is 3. The standard InChI is InChI=1S/C23H29N5O2S/c1-15(2)20(25-22(29)17-10-8-16(3)9-11-17)23(30)24-18(12-14-31-4)21-27-26-19-7-5-6-13-28(19)21/h5-11,13,15,18,20H,12,14H2,1-4H3,(H,24,30)(H,25,29)/t18-,20-/m0/s1. The number of carbonyl (C=O) groups is 2. The SMILES string of the molecule is CSCC[C@H](NC(=O)[C@@H](NC(=O)c1ccc(C)cc1)C(C)C)c1nnc2ccccn12. The van der Waals surface area contributed by atoms with E-state index in [1.54, 1.807) is 23.9 Å². The predicted octanol–water partition coefficient (Wildman–Crippen LogP) is 3.40. The van der Waals surface area contributed by atoms with Gasteiger partial charge < -0.3 is 10.6 Å². The van der Waals surface area contributed by atoms with Gasteiger partial charge in [-0.15, -0.1) is 10.2 Å². The summed E-state index contributed by atoms with van der Waals surface area (Å²) in [6.45, 7) is 5.81. The van der Waals surface area contributed by atoms with Crippen molar-refractivity contribution in [1.82, 2.24) is 25.2 Å². The summed E-state index contributed by atoms with van der Waals surface area (Å²) in [5, 5.41) is 14.5. The molecular formula is C23H29N5O2S. The summed E-state index contributed by atoms with van der Waals surface area (Å²) in [6.07, 6.45) is 4.63. The molecule has 0 aliphatic heterocycles. The average molecular weight is 440 g/mol. The normalized spacial score (nSPS) is 13.2. The lowest BCUT2D eigenvalue weighted by molar-refractivity contribution is -0.124. The highest BCUT2D eigenvalue weighted by Crippen LogP contribution is 2.19. The molecule has 0 spiro atoms. The zero-order chi connectivity index (χ0) is 22.4. The molecule has 0 saturated carbocycles. The van der Waals surface area contributed by atoms with Crippen LogP contribution >= 0.6 is 11.8 Å². The zero-order valence-electron chi connectivity index (χ0n) is 18.3. The lowest BCUT2D eigenvalue weighted by atomic mass is 10.0. The van der Waals surface area contributed by atoms with Gasteiger partial charge in [-0.25, -0.2) is 0 Å². The van der Waals surface area contributed by atoms with Crippen molar-refractivity contribution in [2.24, 2.45) is 5.92 Å². The molecule has 0 saturated heterocycles. The van der Waals surface area contributed by atoms with Crippen molar-refractivity contribution in [3.05, 3.63) is 65.6 Å². The maximum Gasteiger partial charge on any atom is 0.251 e. The van der Waals surface area contributed by atoms with Crippen LogP contribution in [-0.4, -0.2) is 44.5 Å². The van der Waals surface area contributed by atoms with Crippen LogP contribution in [0.3, 0.4) is 0 Å². The van der Waals surface area contributed by atoms with Crippen LogP contribution in [0.4, 0.5) is 0 Å². The van der Waals surface area contributed by atoms with Gasteiger partial charge in [-0.1, -0.05) is 37.6 Å². The summed E-state index contributed by atoms with van der Waals surface area (Å²) in [6, 6.07) is 12.0. The third kappa shape index (κ3) is 5.64. The Labute approximate surface area is 187 Å². The number of amides is 2. The number of carbonyl (C=O) groups excluding carboxylic acids is 2. The number of hydrogen-bond donors (Lipinski definition) is 2. The van der Waals surface area contributed by atoms with Crippen molar-refractivity contribution in [2.75, 3.05) is 12.0 Å². The molecule has 0 bridgehead atoms. The fraction of sp³-hybridized carbons (Fsp3) is 0.391. The van der Waals surface area contributed by atoms with Gasteiger partial charge in [-0.3, -0.25) is 14.0 Å². The van der Waals surface area contributed by atoms with Crippen LogP contribution in [0, 0.1) is 12.8 Å². The van der Waals surface area contributed by atoms with Gasteiger partial charge in [0.1, 0.15) is 6.04 Å². The quantitative estimate of drug-likeness (QED) is 0.533. The summed E-state index contributed by atoms with van der Waals surface area (Å²) >= 11 is 1.70. The number of rotatable bonds is 9. The molecule has 2 aromatic heterocycles. The van der Waals surface area contributed by atoms with E-state index >= 15 is 0 Å². The van der Waals surface area contributed by atoms with Gasteiger partial charge >= 0.3 is 0 Å². The third-order valence-corrected chi connectivity index (χ3v) is 5.77. The molecule has 31 heavy (non-hydrogen) atoms. The molecule has 2 heterocycles. The number of pyridine rings is 1. The lowest BCUT2D eigenvalue weighted by Gasteiger charge is -2.25. The van der Waals surface area contributed by atoms with E-state index in [1.807, 2.05) is 68.0 Å². The van der Waals surface area contributed by atoms with Gasteiger partial charge in [0, 0.05) is 11.8 Å². The Morgan fingerprint density at radius 2 is 1.81 bits per heavy atom. The second kappa shape index (κ2) is 10.4. The van der Waals surface area contributed by atoms with Crippen molar-refractivity contribution in [3.8, 4) is 0 Å². The molecule has 2 N–H and O–H groups in total. The summed E-state index contributed by atoms with van der Waals surface area (Å²) in [5.41, 5.74) is 2.34. The second-order valence-corrected chi connectivity index (χ2v) is 8.88. The minimum absolute atomic E-state index is 0.0780. The molecule has 0 unspecified atom stereocenters. The van der Waals surface area contributed by atoms with E-state index in [4.69, 9.17) is 0 Å². The van der Waals surface area contributed by atoms with E-state index in [1.165, 1.54) is 0 Å². The average Bonchev–Trinajstić information content (AvgIpc) is 3.19. The molecule has 1 aromatic carbocycles. The van der Waals surface area contributed by atoms with Crippen LogP contribution in [0.25, 0.3) is 5.65 Å². The summed E-state index contributed by atoms with van der Waals surface area (Å²) in [5.74, 6) is 0.974. The summed E-state index contributed by atoms with van der Waals surface area (Å²) in [7, 11) is 0. The van der Waals surface area contributed by atoms with Crippen molar-refractivity contribution in [3.63, 3.8) is 0 Å². The first-order chi connectivity index (χ1) is 14.9. The van der Waals surface area contributed by atoms with Crippen LogP contribution in [-0.2, 0) is 4.79 Å². The molecular weight excluding hydrogens is 410 g/mol. The van der Waals surface area contributed by atoms with Crippen LogP contribution in [0.1, 0.15) is 48.1 Å². The number of aryl methyl sites for hydroxylation is 1. The van der Waals surface area contributed by atoms with Gasteiger partial charge in [0.15, 0.2) is 11.5 Å². The molecule has 0 aliphatic carbocycles. The highest BCUT2D eigenvalue weighted by Gasteiger charge is 2.28. The Morgan fingerprint density at radius 3 is 2.48 bits per heavy atom. The minimum atomic E-state index is -0.662. The Hall–Kier alpha value is -2.87. The molecule has 2 atom stereocenters. The maximum absolute atomic E-state index is 13.2. The first-order valence-electron chi connectivity index (χ1n) is 10.4. The van der Waals surface area contributed by atoms with Crippen molar-refractivity contribution in [2.45, 2.75) is 39.3 Å². The Bertz CT molecular complexity index is 1030. The van der Waals surface area contributed by atoms with Crippen LogP contribution < -0.4 is 10.6 Å². The van der Waals surface area contributed by atoms with Crippen LogP contribution in [0.15, 0.2) is 48.7 Å². The van der Waals surface area contributed by atoms with E-state index < -0.39 is 6.04 Å². The van der Waals surface area contributed by atoms with Crippen molar-refractivity contribution in [1.29, 1.82) is 0 Å². The fourth-order valence-electron chi connectivity index (χ4n) is 3.32. The van der Waals surface area contributed by atoms with Gasteiger partial charge in [-0.2, -0.15) is 11.8 Å². The molecule has 0 radical (unpaired) electrons. The van der Waals surface area contributed by atoms with E-state index in [-0.39, 0.29) is 23.8 Å². The number of fused-ring (bicyclic) bond motifs is 1. The maximum atomic E-state index is 13.2. The third-order valence-electron chi connectivity index (χ3n) is 5.13. The number of benzene rings is 1. The van der Waals surface area contributed by atoms with Gasteiger partial charge in [-0.05, 0) is 55.5 Å². The molecule has 3 rings (SSSR count). The van der Waals surface area contributed by atoms with E-state index in [2.05, 4.69) is 20.8 Å². The summed E-state index contributed by atoms with van der Waals surface area (Å²) in [4.78, 5) is 25.9. The largest absolute Gasteiger partial charge is 0.344 e. The topological polar surface area (TPSA) is 88.4 Å². The number of thioether (sulfide) groups is 1. The van der Waals surface area contributed by atoms with Gasteiger partial charge in [0.05, 0.1) is 6.04 Å². The molecule has 3 aromatic rings. The lowest BCUT2D eigenvalue weighted by Crippen LogP contribution is -2.50. The minimum Gasteiger partial charge on any atom is -0.344 e. The smallest absolute Gasteiger partial charge is 0.251 e. The van der Waals surface area contributed by atoms with Gasteiger partial charge in [0.25, 0.3) is 5.91 Å². The number of hydrogen-bond acceptors (Lipinski definition) is 5. The van der Waals surface area contributed by atoms with Crippen LogP contribution in [0.5, 0.6) is 0 Å².